The van der Waals surface area contributed by atoms with E-state index in [1.165, 1.54) is 0 Å². The third-order valence-corrected chi connectivity index (χ3v) is 8.01. The van der Waals surface area contributed by atoms with Gasteiger partial charge in [0.15, 0.2) is 5.96 Å². The summed E-state index contributed by atoms with van der Waals surface area (Å²) in [5.41, 5.74) is 5.74. The summed E-state index contributed by atoms with van der Waals surface area (Å²) in [4.78, 5) is 55.4. The Hall–Kier alpha value is -3.87. The van der Waals surface area contributed by atoms with Crippen molar-refractivity contribution < 1.29 is 28.7 Å². The molecule has 1 heterocycles. The van der Waals surface area contributed by atoms with Crippen LogP contribution in [0.25, 0.3) is 0 Å². The minimum Gasteiger partial charge on any atom is -0.460 e. The normalized spacial score (nSPS) is 16.9. The van der Waals surface area contributed by atoms with Crippen LogP contribution in [-0.2, 0) is 19.1 Å². The first-order chi connectivity index (χ1) is 22.1. The van der Waals surface area contributed by atoms with Crippen LogP contribution in [0, 0.1) is 11.3 Å². The standard InChI is InChI=1S/C34H57N7O6/c1-8-27(23(2)22-40(6)7)24-13-11-15-26(19-24)46-33(45)41-18-10-9-14-25(41)21-38-31(44)28(16-12-17-37-32(35)36)39-29(42)20-30(43)47-34(3,4)5/h11,13,15,19,23,25,27-28H,8-10,12,14,16-18,20-22H2,1-7H3,(H,38,44)(H,39,42)(H4,35,36,37)/t23-,25?,27+,28-/m0/s1. The highest BCUT2D eigenvalue weighted by Gasteiger charge is 2.30. The Morgan fingerprint density at radius 3 is 2.51 bits per heavy atom. The van der Waals surface area contributed by atoms with E-state index in [9.17, 15) is 19.2 Å². The van der Waals surface area contributed by atoms with E-state index < -0.39 is 41.9 Å². The molecule has 0 aliphatic carbocycles. The molecule has 0 saturated carbocycles. The summed E-state index contributed by atoms with van der Waals surface area (Å²) < 4.78 is 11.1. The minimum atomic E-state index is -0.938. The lowest BCUT2D eigenvalue weighted by atomic mass is 9.85. The number of piperidine rings is 1. The van der Waals surface area contributed by atoms with Crippen LogP contribution < -0.4 is 26.4 Å². The average Bonchev–Trinajstić information content (AvgIpc) is 2.96. The summed E-state index contributed by atoms with van der Waals surface area (Å²) in [5, 5.41) is 15.5. The first-order valence-corrected chi connectivity index (χ1v) is 16.7. The van der Waals surface area contributed by atoms with Crippen molar-refractivity contribution >= 4 is 29.8 Å². The molecule has 13 heteroatoms. The number of esters is 1. The van der Waals surface area contributed by atoms with Gasteiger partial charge in [0.25, 0.3) is 0 Å². The zero-order valence-electron chi connectivity index (χ0n) is 29.3. The summed E-state index contributed by atoms with van der Waals surface area (Å²) in [5.74, 6) is -0.719. The number of nitrogens with two attached hydrogens (primary N) is 1. The van der Waals surface area contributed by atoms with Gasteiger partial charge < -0.3 is 41.0 Å². The lowest BCUT2D eigenvalue weighted by Crippen LogP contribution is -2.53. The quantitative estimate of drug-likeness (QED) is 0.0585. The molecule has 0 aromatic heterocycles. The van der Waals surface area contributed by atoms with E-state index in [1.807, 2.05) is 12.1 Å². The third kappa shape index (κ3) is 14.6. The molecule has 3 amide bonds. The molecule has 1 aliphatic heterocycles. The lowest BCUT2D eigenvalue weighted by molar-refractivity contribution is -0.156. The van der Waals surface area contributed by atoms with Crippen molar-refractivity contribution in [2.45, 2.75) is 103 Å². The molecule has 0 radical (unpaired) electrons. The maximum Gasteiger partial charge on any atom is 0.415 e. The van der Waals surface area contributed by atoms with Gasteiger partial charge in [-0.15, -0.1) is 0 Å². The van der Waals surface area contributed by atoms with Crippen LogP contribution in [0.15, 0.2) is 24.3 Å². The average molecular weight is 660 g/mol. The Bertz CT molecular complexity index is 1200. The van der Waals surface area contributed by atoms with Crippen molar-refractivity contribution in [3.05, 3.63) is 29.8 Å². The smallest absolute Gasteiger partial charge is 0.415 e. The summed E-state index contributed by atoms with van der Waals surface area (Å²) in [6, 6.07) is 6.51. The summed E-state index contributed by atoms with van der Waals surface area (Å²) in [7, 11) is 4.13. The largest absolute Gasteiger partial charge is 0.460 e. The monoisotopic (exact) mass is 659 g/mol. The Kier molecular flexibility index (Phi) is 16.0. The van der Waals surface area contributed by atoms with Gasteiger partial charge in [-0.05, 0) is 103 Å². The van der Waals surface area contributed by atoms with E-state index in [0.717, 1.165) is 31.4 Å². The van der Waals surface area contributed by atoms with Crippen LogP contribution in [0.2, 0.25) is 0 Å². The molecular weight excluding hydrogens is 602 g/mol. The molecule has 13 nitrogen and oxygen atoms in total. The Morgan fingerprint density at radius 1 is 1.15 bits per heavy atom. The fourth-order valence-corrected chi connectivity index (χ4v) is 5.98. The highest BCUT2D eigenvalue weighted by molar-refractivity contribution is 5.96. The third-order valence-electron chi connectivity index (χ3n) is 8.01. The number of ether oxygens (including phenoxy) is 2. The van der Waals surface area contributed by atoms with Gasteiger partial charge in [-0.2, -0.15) is 0 Å². The van der Waals surface area contributed by atoms with Gasteiger partial charge in [0, 0.05) is 26.2 Å². The van der Waals surface area contributed by atoms with Gasteiger partial charge in [0.1, 0.15) is 23.8 Å². The molecule has 1 aromatic rings. The number of amides is 3. The molecule has 0 bridgehead atoms. The lowest BCUT2D eigenvalue weighted by Gasteiger charge is -2.35. The SMILES string of the molecule is CC[C@@H](c1cccc(OC(=O)N2CCCCC2CNC(=O)[C@H](CCCNC(=N)N)NC(=O)CC(=O)OC(C)(C)C)c1)[C@@H](C)CN(C)C. The predicted octanol–water partition coefficient (Wildman–Crippen LogP) is 3.33. The van der Waals surface area contributed by atoms with Gasteiger partial charge in [-0.3, -0.25) is 19.8 Å². The fraction of sp³-hybridized carbons (Fsp3) is 0.676. The summed E-state index contributed by atoms with van der Waals surface area (Å²) >= 11 is 0. The number of rotatable bonds is 16. The molecule has 1 aromatic carbocycles. The second-order valence-electron chi connectivity index (χ2n) is 13.6. The number of nitrogens with one attached hydrogen (secondary N) is 4. The Labute approximate surface area is 280 Å². The first kappa shape index (κ1) is 39.3. The van der Waals surface area contributed by atoms with Crippen LogP contribution in [0.4, 0.5) is 4.79 Å². The van der Waals surface area contributed by atoms with Gasteiger partial charge in [0.05, 0.1) is 6.04 Å². The zero-order chi connectivity index (χ0) is 35.1. The number of guanidine groups is 1. The van der Waals surface area contributed by atoms with E-state index in [2.05, 4.69) is 54.9 Å². The maximum absolute atomic E-state index is 13.4. The Balaban J connectivity index is 2.06. The van der Waals surface area contributed by atoms with E-state index in [1.54, 1.807) is 31.7 Å². The first-order valence-electron chi connectivity index (χ1n) is 16.7. The van der Waals surface area contributed by atoms with Crippen LogP contribution in [-0.4, -0.2) is 97.6 Å². The predicted molar refractivity (Wildman–Crippen MR) is 182 cm³/mol. The number of nitrogens with zero attached hydrogens (tertiary/aromatic N) is 2. The topological polar surface area (TPSA) is 179 Å². The molecule has 2 rings (SSSR count). The van der Waals surface area contributed by atoms with E-state index in [4.69, 9.17) is 20.6 Å². The molecule has 47 heavy (non-hydrogen) atoms. The number of hydrogen-bond donors (Lipinski definition) is 5. The fourth-order valence-electron chi connectivity index (χ4n) is 5.98. The molecule has 1 unspecified atom stereocenters. The number of benzene rings is 1. The second kappa shape index (κ2) is 19.1. The summed E-state index contributed by atoms with van der Waals surface area (Å²) in [6.07, 6.45) is 3.06. The van der Waals surface area contributed by atoms with Gasteiger partial charge in [-0.1, -0.05) is 26.0 Å². The number of likely N-dealkylation sites (tertiary alicyclic amines) is 1. The van der Waals surface area contributed by atoms with Gasteiger partial charge in [0.2, 0.25) is 11.8 Å². The minimum absolute atomic E-state index is 0.179. The Morgan fingerprint density at radius 2 is 1.87 bits per heavy atom. The summed E-state index contributed by atoms with van der Waals surface area (Å²) in [6.45, 7) is 11.5. The molecule has 4 atom stereocenters. The number of hydrogen-bond acceptors (Lipinski definition) is 8. The van der Waals surface area contributed by atoms with Crippen LogP contribution in [0.3, 0.4) is 0 Å². The highest BCUT2D eigenvalue weighted by atomic mass is 16.6. The van der Waals surface area contributed by atoms with Crippen molar-refractivity contribution in [2.75, 3.05) is 40.3 Å². The molecule has 0 spiro atoms. The molecule has 1 fully saturated rings. The second-order valence-corrected chi connectivity index (χ2v) is 13.6. The number of carbonyl (C=O) groups is 4. The number of carbonyl (C=O) groups excluding carboxylic acids is 4. The van der Waals surface area contributed by atoms with Crippen molar-refractivity contribution in [1.29, 1.82) is 5.41 Å². The van der Waals surface area contributed by atoms with E-state index in [0.29, 0.717) is 43.5 Å². The van der Waals surface area contributed by atoms with Crippen molar-refractivity contribution in [2.24, 2.45) is 11.7 Å². The van der Waals surface area contributed by atoms with Crippen LogP contribution in [0.1, 0.15) is 91.0 Å². The zero-order valence-corrected chi connectivity index (χ0v) is 29.3. The maximum atomic E-state index is 13.4. The van der Waals surface area contributed by atoms with Gasteiger partial charge >= 0.3 is 12.1 Å². The van der Waals surface area contributed by atoms with E-state index >= 15 is 0 Å². The van der Waals surface area contributed by atoms with Crippen LogP contribution >= 0.6 is 0 Å². The van der Waals surface area contributed by atoms with Crippen molar-refractivity contribution in [3.63, 3.8) is 0 Å². The molecular formula is C34H57N7O6. The highest BCUT2D eigenvalue weighted by Crippen LogP contribution is 2.31. The van der Waals surface area contributed by atoms with Crippen molar-refractivity contribution in [1.82, 2.24) is 25.8 Å². The van der Waals surface area contributed by atoms with Crippen LogP contribution in [0.5, 0.6) is 5.75 Å². The van der Waals surface area contributed by atoms with Gasteiger partial charge in [-0.25, -0.2) is 4.79 Å². The molecule has 6 N–H and O–H groups in total. The molecule has 1 saturated heterocycles. The molecule has 1 aliphatic rings. The van der Waals surface area contributed by atoms with Crippen molar-refractivity contribution in [3.8, 4) is 5.75 Å². The van der Waals surface area contributed by atoms with E-state index in [-0.39, 0.29) is 25.0 Å². The molecule has 264 valence electrons.